The van der Waals surface area contributed by atoms with Gasteiger partial charge < -0.3 is 5.73 Å². The highest BCUT2D eigenvalue weighted by Crippen LogP contribution is 2.57. The minimum atomic E-state index is -0.623. The molecule has 27 heavy (non-hydrogen) atoms. The van der Waals surface area contributed by atoms with Crippen LogP contribution in [-0.2, 0) is 16.1 Å². The van der Waals surface area contributed by atoms with E-state index in [0.717, 1.165) is 24.8 Å². The zero-order valence-corrected chi connectivity index (χ0v) is 16.0. The van der Waals surface area contributed by atoms with E-state index in [1.165, 1.54) is 24.6 Å². The van der Waals surface area contributed by atoms with Crippen LogP contribution in [0.25, 0.3) is 0 Å². The number of rotatable bonds is 3. The molecule has 140 valence electrons. The van der Waals surface area contributed by atoms with Gasteiger partial charge in [-0.05, 0) is 55.0 Å². The van der Waals surface area contributed by atoms with Crippen molar-refractivity contribution < 1.29 is 9.18 Å². The predicted octanol–water partition coefficient (Wildman–Crippen LogP) is 3.85. The van der Waals surface area contributed by atoms with Crippen LogP contribution in [0.15, 0.2) is 53.6 Å². The van der Waals surface area contributed by atoms with Gasteiger partial charge >= 0.3 is 0 Å². The quantitative estimate of drug-likeness (QED) is 0.876. The van der Waals surface area contributed by atoms with Crippen molar-refractivity contribution in [3.63, 3.8) is 0 Å². The molecule has 0 aromatic heterocycles. The molecule has 0 fully saturated rings. The number of carbonyl (C=O) groups excluding carboxylic acids is 1. The van der Waals surface area contributed by atoms with Crippen molar-refractivity contribution >= 4 is 22.7 Å². The van der Waals surface area contributed by atoms with Crippen molar-refractivity contribution in [3.8, 4) is 0 Å². The second kappa shape index (κ2) is 7.09. The summed E-state index contributed by atoms with van der Waals surface area (Å²) in [7, 11) is 0. The molecule has 0 radical (unpaired) electrons. The molecule has 2 N–H and O–H groups in total. The van der Waals surface area contributed by atoms with Gasteiger partial charge in [-0.2, -0.15) is 5.10 Å². The third-order valence-corrected chi connectivity index (χ3v) is 6.91. The van der Waals surface area contributed by atoms with E-state index in [0.29, 0.717) is 17.2 Å². The van der Waals surface area contributed by atoms with Crippen molar-refractivity contribution in [3.05, 3.63) is 71.0 Å². The Morgan fingerprint density at radius 3 is 2.89 bits per heavy atom. The van der Waals surface area contributed by atoms with E-state index in [-0.39, 0.29) is 17.6 Å². The van der Waals surface area contributed by atoms with E-state index in [9.17, 15) is 9.18 Å². The number of hydrogen-bond donors (Lipinski definition) is 1. The monoisotopic (exact) mass is 383 g/mol. The van der Waals surface area contributed by atoms with Crippen LogP contribution in [0.2, 0.25) is 0 Å². The maximum Gasteiger partial charge on any atom is 0.241 e. The van der Waals surface area contributed by atoms with Crippen molar-refractivity contribution in [1.29, 1.82) is 0 Å². The summed E-state index contributed by atoms with van der Waals surface area (Å²) in [6, 6.07) is 14.6. The molecule has 0 unspecified atom stereocenters. The Morgan fingerprint density at radius 1 is 1.33 bits per heavy atom. The smallest absolute Gasteiger partial charge is 0.241 e. The number of fused-ring (bicyclic) bond motifs is 2. The zero-order valence-electron chi connectivity index (χ0n) is 15.2. The summed E-state index contributed by atoms with van der Waals surface area (Å²) in [4.78, 5) is 12.0. The van der Waals surface area contributed by atoms with E-state index in [1.54, 1.807) is 22.8 Å². The summed E-state index contributed by atoms with van der Waals surface area (Å²) in [5, 5.41) is 6.94. The Balaban J connectivity index is 1.87. The summed E-state index contributed by atoms with van der Waals surface area (Å²) in [5.41, 5.74) is 8.96. The normalized spacial score (nSPS) is 24.0. The highest BCUT2D eigenvalue weighted by Gasteiger charge is 2.54. The molecule has 1 aliphatic carbocycles. The van der Waals surface area contributed by atoms with Crippen molar-refractivity contribution in [2.24, 2.45) is 16.8 Å². The molecule has 2 aromatic rings. The number of hydrazone groups is 1. The van der Waals surface area contributed by atoms with Gasteiger partial charge in [-0.15, -0.1) is 0 Å². The number of carbonyl (C=O) groups is 1. The van der Waals surface area contributed by atoms with Crippen molar-refractivity contribution in [1.82, 2.24) is 5.01 Å². The van der Waals surface area contributed by atoms with Gasteiger partial charge in [0, 0.05) is 12.5 Å². The first-order valence-corrected chi connectivity index (χ1v) is 10.0. The van der Waals surface area contributed by atoms with Crippen molar-refractivity contribution in [2.75, 3.05) is 6.54 Å². The van der Waals surface area contributed by atoms with Crippen LogP contribution in [0.4, 0.5) is 4.39 Å². The molecule has 2 atom stereocenters. The van der Waals surface area contributed by atoms with E-state index < -0.39 is 4.87 Å². The van der Waals surface area contributed by atoms with Crippen LogP contribution in [0.5, 0.6) is 0 Å². The average molecular weight is 383 g/mol. The average Bonchev–Trinajstić information content (AvgIpc) is 3.06. The SMILES string of the molecule is CC(=O)N1N=C(c2cccc(F)c2)S[C@]12c1ccccc1CC[C@H]2CCN. The standard InChI is InChI=1S/C21H22FN3OS/c1-14(26)25-21(27-20(24-25)16-6-4-7-18(22)13-16)17(11-12-23)10-9-15-5-2-3-8-19(15)21/h2-8,13,17H,9-12,23H2,1H3/t17-,21+/m0/s1. The second-order valence-electron chi connectivity index (χ2n) is 7.01. The van der Waals surface area contributed by atoms with Gasteiger partial charge in [0.25, 0.3) is 0 Å². The number of thioether (sulfide) groups is 1. The predicted molar refractivity (Wildman–Crippen MR) is 107 cm³/mol. The molecule has 4 rings (SSSR count). The molecule has 1 aliphatic heterocycles. The fraction of sp³-hybridized carbons (Fsp3) is 0.333. The minimum Gasteiger partial charge on any atom is -0.330 e. The van der Waals surface area contributed by atoms with Crippen LogP contribution in [0.3, 0.4) is 0 Å². The Hall–Kier alpha value is -2.18. The van der Waals surface area contributed by atoms with E-state index in [1.807, 2.05) is 18.2 Å². The highest BCUT2D eigenvalue weighted by atomic mass is 32.2. The molecule has 4 nitrogen and oxygen atoms in total. The largest absolute Gasteiger partial charge is 0.330 e. The van der Waals surface area contributed by atoms with Gasteiger partial charge in [-0.3, -0.25) is 4.79 Å². The Kier molecular flexibility index (Phi) is 4.78. The number of hydrogen-bond acceptors (Lipinski definition) is 4. The maximum absolute atomic E-state index is 13.8. The molecule has 1 spiro atoms. The highest BCUT2D eigenvalue weighted by molar-refractivity contribution is 8.15. The molecule has 0 saturated heterocycles. The first-order chi connectivity index (χ1) is 13.1. The van der Waals surface area contributed by atoms with E-state index in [2.05, 4.69) is 17.2 Å². The first-order valence-electron chi connectivity index (χ1n) is 9.19. The van der Waals surface area contributed by atoms with Gasteiger partial charge in [0.1, 0.15) is 15.7 Å². The van der Waals surface area contributed by atoms with Crippen LogP contribution in [0, 0.1) is 11.7 Å². The van der Waals surface area contributed by atoms with Gasteiger partial charge in [0.05, 0.1) is 0 Å². The molecule has 0 bridgehead atoms. The summed E-state index contributed by atoms with van der Waals surface area (Å²) < 4.78 is 13.8. The number of benzene rings is 2. The molecular weight excluding hydrogens is 361 g/mol. The topological polar surface area (TPSA) is 58.7 Å². The van der Waals surface area contributed by atoms with Crippen LogP contribution in [-0.4, -0.2) is 22.5 Å². The second-order valence-corrected chi connectivity index (χ2v) is 8.23. The number of halogens is 1. The van der Waals surface area contributed by atoms with Crippen LogP contribution in [0.1, 0.15) is 36.5 Å². The lowest BCUT2D eigenvalue weighted by molar-refractivity contribution is -0.134. The number of nitrogens with two attached hydrogens (primary N) is 1. The molecule has 6 heteroatoms. The lowest BCUT2D eigenvalue weighted by atomic mass is 9.77. The molecule has 2 aromatic carbocycles. The first kappa shape index (κ1) is 18.2. The van der Waals surface area contributed by atoms with Crippen molar-refractivity contribution in [2.45, 2.75) is 31.1 Å². The lowest BCUT2D eigenvalue weighted by Gasteiger charge is -2.45. The van der Waals surface area contributed by atoms with Gasteiger partial charge in [0.2, 0.25) is 5.91 Å². The zero-order chi connectivity index (χ0) is 19.0. The minimum absolute atomic E-state index is 0.118. The van der Waals surface area contributed by atoms with Crippen LogP contribution >= 0.6 is 11.8 Å². The van der Waals surface area contributed by atoms with Gasteiger partial charge in [-0.1, -0.05) is 48.2 Å². The fourth-order valence-electron chi connectivity index (χ4n) is 4.22. The summed E-state index contributed by atoms with van der Waals surface area (Å²) in [6.45, 7) is 2.09. The number of amides is 1. The number of aryl methyl sites for hydroxylation is 1. The molecule has 1 amide bonds. The molecule has 0 saturated carbocycles. The molecular formula is C21H22FN3OS. The van der Waals surface area contributed by atoms with E-state index >= 15 is 0 Å². The Bertz CT molecular complexity index is 916. The third-order valence-electron chi connectivity index (χ3n) is 5.36. The fourth-order valence-corrected chi connectivity index (χ4v) is 5.85. The molecule has 2 aliphatic rings. The Labute approximate surface area is 162 Å². The number of nitrogens with zero attached hydrogens (tertiary/aromatic N) is 2. The van der Waals surface area contributed by atoms with E-state index in [4.69, 9.17) is 5.73 Å². The van der Waals surface area contributed by atoms with Crippen LogP contribution < -0.4 is 5.73 Å². The third kappa shape index (κ3) is 2.97. The Morgan fingerprint density at radius 2 is 2.15 bits per heavy atom. The summed E-state index contributed by atoms with van der Waals surface area (Å²) in [5.74, 6) is -0.248. The summed E-state index contributed by atoms with van der Waals surface area (Å²) >= 11 is 1.56. The molecule has 1 heterocycles. The maximum atomic E-state index is 13.8. The summed E-state index contributed by atoms with van der Waals surface area (Å²) in [6.07, 6.45) is 2.71. The van der Waals surface area contributed by atoms with Gasteiger partial charge in [0.15, 0.2) is 0 Å². The van der Waals surface area contributed by atoms with Gasteiger partial charge in [-0.25, -0.2) is 9.40 Å². The lowest BCUT2D eigenvalue weighted by Crippen LogP contribution is -2.49.